The summed E-state index contributed by atoms with van der Waals surface area (Å²) < 4.78 is 10.3. The Bertz CT molecular complexity index is 697. The lowest BCUT2D eigenvalue weighted by Gasteiger charge is -2.11. The molecule has 1 unspecified atom stereocenters. The van der Waals surface area contributed by atoms with Crippen molar-refractivity contribution in [2.45, 2.75) is 19.1 Å². The fourth-order valence-corrected chi connectivity index (χ4v) is 2.51. The molecule has 1 fully saturated rings. The highest BCUT2D eigenvalue weighted by Crippen LogP contribution is 2.21. The van der Waals surface area contributed by atoms with Crippen LogP contribution in [0.1, 0.15) is 11.1 Å². The van der Waals surface area contributed by atoms with Crippen LogP contribution in [0.15, 0.2) is 54.6 Å². The molecular weight excluding hydrogens is 294 g/mol. The number of imide groups is 1. The zero-order valence-electron chi connectivity index (χ0n) is 12.8. The Balaban J connectivity index is 1.68. The smallest absolute Gasteiger partial charge is 0.417 e. The van der Waals surface area contributed by atoms with Gasteiger partial charge >= 0.3 is 6.09 Å². The van der Waals surface area contributed by atoms with Crippen LogP contribution >= 0.6 is 0 Å². The number of ether oxygens (including phenoxy) is 2. The first-order chi connectivity index (χ1) is 11.2. The lowest BCUT2D eigenvalue weighted by Crippen LogP contribution is -2.31. The van der Waals surface area contributed by atoms with Crippen molar-refractivity contribution in [1.82, 2.24) is 4.90 Å². The summed E-state index contributed by atoms with van der Waals surface area (Å²) in [6.45, 7) is 0.234. The van der Waals surface area contributed by atoms with Gasteiger partial charge in [0.25, 0.3) is 5.91 Å². The average molecular weight is 311 g/mol. The zero-order valence-corrected chi connectivity index (χ0v) is 12.8. The molecule has 1 aliphatic rings. The molecule has 118 valence electrons. The number of benzene rings is 2. The van der Waals surface area contributed by atoms with Crippen LogP contribution in [0, 0.1) is 0 Å². The molecule has 2 aromatic rings. The Morgan fingerprint density at radius 1 is 1.00 bits per heavy atom. The minimum Gasteiger partial charge on any atom is -0.497 e. The molecule has 5 heteroatoms. The van der Waals surface area contributed by atoms with E-state index in [-0.39, 0.29) is 12.5 Å². The van der Waals surface area contributed by atoms with Gasteiger partial charge < -0.3 is 9.47 Å². The number of rotatable bonds is 5. The molecule has 0 spiro atoms. The maximum atomic E-state index is 12.4. The molecule has 3 rings (SSSR count). The van der Waals surface area contributed by atoms with E-state index in [1.807, 2.05) is 54.6 Å². The lowest BCUT2D eigenvalue weighted by atomic mass is 10.1. The van der Waals surface area contributed by atoms with Crippen molar-refractivity contribution < 1.29 is 19.1 Å². The minimum atomic E-state index is -0.764. The molecule has 1 atom stereocenters. The van der Waals surface area contributed by atoms with Crippen molar-refractivity contribution in [2.24, 2.45) is 0 Å². The van der Waals surface area contributed by atoms with E-state index in [1.165, 1.54) is 0 Å². The predicted octanol–water partition coefficient (Wildman–Crippen LogP) is 2.79. The molecule has 23 heavy (non-hydrogen) atoms. The van der Waals surface area contributed by atoms with Gasteiger partial charge in [-0.15, -0.1) is 0 Å². The Kier molecular flexibility index (Phi) is 4.28. The van der Waals surface area contributed by atoms with Crippen LogP contribution in [0.5, 0.6) is 5.75 Å². The van der Waals surface area contributed by atoms with Crippen LogP contribution in [-0.4, -0.2) is 30.1 Å². The van der Waals surface area contributed by atoms with E-state index in [0.29, 0.717) is 6.42 Å². The second-order valence-electron chi connectivity index (χ2n) is 5.33. The first kappa shape index (κ1) is 15.1. The van der Waals surface area contributed by atoms with Crippen LogP contribution in [0.4, 0.5) is 4.79 Å². The standard InChI is InChI=1S/C18H17NO4/c1-22-15-9-7-13(8-10-15)11-16-17(20)19(18(21)23-16)12-14-5-3-2-4-6-14/h2-10,16H,11-12H2,1H3. The summed E-state index contributed by atoms with van der Waals surface area (Å²) >= 11 is 0. The van der Waals surface area contributed by atoms with E-state index in [0.717, 1.165) is 21.8 Å². The molecule has 2 amide bonds. The van der Waals surface area contributed by atoms with Crippen LogP contribution in [0.2, 0.25) is 0 Å². The summed E-state index contributed by atoms with van der Waals surface area (Å²) in [5.74, 6) is 0.448. The highest BCUT2D eigenvalue weighted by Gasteiger charge is 2.40. The van der Waals surface area contributed by atoms with Crippen molar-refractivity contribution in [3.8, 4) is 5.75 Å². The molecule has 1 saturated heterocycles. The number of hydrogen-bond acceptors (Lipinski definition) is 4. The summed E-state index contributed by atoms with van der Waals surface area (Å²) in [6.07, 6.45) is -0.989. The number of carbonyl (C=O) groups excluding carboxylic acids is 2. The number of methoxy groups -OCH3 is 1. The van der Waals surface area contributed by atoms with Crippen LogP contribution in [-0.2, 0) is 22.5 Å². The lowest BCUT2D eigenvalue weighted by molar-refractivity contribution is -0.130. The van der Waals surface area contributed by atoms with Crippen molar-refractivity contribution >= 4 is 12.0 Å². The molecule has 1 aliphatic heterocycles. The van der Waals surface area contributed by atoms with Crippen molar-refractivity contribution in [1.29, 1.82) is 0 Å². The SMILES string of the molecule is COc1ccc(CC2OC(=O)N(Cc3ccccc3)C2=O)cc1. The fourth-order valence-electron chi connectivity index (χ4n) is 2.51. The molecular formula is C18H17NO4. The van der Waals surface area contributed by atoms with Crippen molar-refractivity contribution in [3.63, 3.8) is 0 Å². The predicted molar refractivity (Wildman–Crippen MR) is 84.0 cm³/mol. The van der Waals surface area contributed by atoms with Gasteiger partial charge in [-0.05, 0) is 23.3 Å². The van der Waals surface area contributed by atoms with Gasteiger partial charge in [0.05, 0.1) is 13.7 Å². The van der Waals surface area contributed by atoms with Gasteiger partial charge in [-0.2, -0.15) is 0 Å². The third kappa shape index (κ3) is 3.34. The maximum Gasteiger partial charge on any atom is 0.417 e. The summed E-state index contributed by atoms with van der Waals surface area (Å²) in [5, 5.41) is 0. The Hall–Kier alpha value is -2.82. The third-order valence-electron chi connectivity index (χ3n) is 3.77. The van der Waals surface area contributed by atoms with E-state index in [2.05, 4.69) is 0 Å². The number of nitrogens with zero attached hydrogens (tertiary/aromatic N) is 1. The zero-order chi connectivity index (χ0) is 16.2. The Labute approximate surface area is 134 Å². The molecule has 0 bridgehead atoms. The highest BCUT2D eigenvalue weighted by molar-refractivity contribution is 6.00. The third-order valence-corrected chi connectivity index (χ3v) is 3.77. The molecule has 0 aromatic heterocycles. The van der Waals surface area contributed by atoms with E-state index in [1.54, 1.807) is 7.11 Å². The first-order valence-corrected chi connectivity index (χ1v) is 7.36. The molecule has 2 aromatic carbocycles. The number of amides is 2. The van der Waals surface area contributed by atoms with Gasteiger partial charge in [0, 0.05) is 6.42 Å². The maximum absolute atomic E-state index is 12.4. The molecule has 0 aliphatic carbocycles. The topological polar surface area (TPSA) is 55.8 Å². The molecule has 0 saturated carbocycles. The van der Waals surface area contributed by atoms with Crippen LogP contribution < -0.4 is 4.74 Å². The van der Waals surface area contributed by atoms with Crippen molar-refractivity contribution in [2.75, 3.05) is 7.11 Å². The summed E-state index contributed by atoms with van der Waals surface area (Å²) in [7, 11) is 1.60. The summed E-state index contributed by atoms with van der Waals surface area (Å²) in [4.78, 5) is 25.5. The number of hydrogen-bond donors (Lipinski definition) is 0. The Morgan fingerprint density at radius 3 is 2.35 bits per heavy atom. The fraction of sp³-hybridized carbons (Fsp3) is 0.222. The Morgan fingerprint density at radius 2 is 1.70 bits per heavy atom. The van der Waals surface area contributed by atoms with E-state index in [4.69, 9.17) is 9.47 Å². The first-order valence-electron chi connectivity index (χ1n) is 7.36. The van der Waals surface area contributed by atoms with Gasteiger partial charge in [0.1, 0.15) is 5.75 Å². The second-order valence-corrected chi connectivity index (χ2v) is 5.33. The average Bonchev–Trinajstić information content (AvgIpc) is 2.84. The summed E-state index contributed by atoms with van der Waals surface area (Å²) in [5.41, 5.74) is 1.81. The number of cyclic esters (lactones) is 1. The van der Waals surface area contributed by atoms with E-state index < -0.39 is 12.2 Å². The van der Waals surface area contributed by atoms with Gasteiger partial charge in [-0.1, -0.05) is 42.5 Å². The molecule has 0 radical (unpaired) electrons. The minimum absolute atomic E-state index is 0.234. The van der Waals surface area contributed by atoms with Crippen molar-refractivity contribution in [3.05, 3.63) is 65.7 Å². The van der Waals surface area contributed by atoms with E-state index >= 15 is 0 Å². The summed E-state index contributed by atoms with van der Waals surface area (Å²) in [6, 6.07) is 16.7. The molecule has 1 heterocycles. The monoisotopic (exact) mass is 311 g/mol. The molecule has 5 nitrogen and oxygen atoms in total. The van der Waals surface area contributed by atoms with Gasteiger partial charge in [0.15, 0.2) is 6.10 Å². The quantitative estimate of drug-likeness (QED) is 0.852. The largest absolute Gasteiger partial charge is 0.497 e. The van der Waals surface area contributed by atoms with Gasteiger partial charge in [-0.25, -0.2) is 9.69 Å². The van der Waals surface area contributed by atoms with E-state index in [9.17, 15) is 9.59 Å². The normalized spacial score (nSPS) is 17.3. The van der Waals surface area contributed by atoms with Crippen LogP contribution in [0.25, 0.3) is 0 Å². The number of carbonyl (C=O) groups is 2. The van der Waals surface area contributed by atoms with Gasteiger partial charge in [0.2, 0.25) is 0 Å². The highest BCUT2D eigenvalue weighted by atomic mass is 16.6. The molecule has 0 N–H and O–H groups in total. The van der Waals surface area contributed by atoms with Crippen LogP contribution in [0.3, 0.4) is 0 Å². The second kappa shape index (κ2) is 6.52. The van der Waals surface area contributed by atoms with Gasteiger partial charge in [-0.3, -0.25) is 4.79 Å².